The lowest BCUT2D eigenvalue weighted by molar-refractivity contribution is 0.0941. The molecule has 1 aromatic carbocycles. The lowest BCUT2D eigenvalue weighted by atomic mass is 10.1. The first-order chi connectivity index (χ1) is 8.70. The Morgan fingerprint density at radius 3 is 2.50 bits per heavy atom. The van der Waals surface area contributed by atoms with E-state index in [9.17, 15) is 4.79 Å². The number of carbonyl (C=O) groups is 1. The van der Waals surface area contributed by atoms with Gasteiger partial charge in [0.15, 0.2) is 0 Å². The second-order valence-electron chi connectivity index (χ2n) is 3.66. The lowest BCUT2D eigenvalue weighted by Crippen LogP contribution is -2.24. The highest BCUT2D eigenvalue weighted by atomic mass is 16.6. The Balaban J connectivity index is 1.95. The molecule has 0 saturated heterocycles. The molecule has 0 aliphatic heterocycles. The zero-order chi connectivity index (χ0) is 13.0. The van der Waals surface area contributed by atoms with Crippen molar-refractivity contribution < 1.29 is 14.5 Å². The van der Waals surface area contributed by atoms with Crippen LogP contribution in [0.25, 0.3) is 0 Å². The molecule has 0 aliphatic carbocycles. The number of nitrogens with zero attached hydrogens (tertiary/aromatic N) is 2. The summed E-state index contributed by atoms with van der Waals surface area (Å²) >= 11 is 0. The molecule has 0 spiro atoms. The largest absolute Gasteiger partial charge is 0.392 e. The first kappa shape index (κ1) is 12.1. The Hall–Kier alpha value is -2.41. The van der Waals surface area contributed by atoms with E-state index in [1.54, 1.807) is 12.1 Å². The van der Waals surface area contributed by atoms with E-state index in [1.807, 2.05) is 12.1 Å². The summed E-state index contributed by atoms with van der Waals surface area (Å²) in [5.41, 5.74) is 7.08. The number of nitrogens with one attached hydrogen (secondary N) is 1. The van der Waals surface area contributed by atoms with Gasteiger partial charge in [0.2, 0.25) is 11.5 Å². The quantitative estimate of drug-likeness (QED) is 0.705. The van der Waals surface area contributed by atoms with Crippen molar-refractivity contribution in [3.05, 3.63) is 41.1 Å². The molecule has 2 rings (SSSR count). The van der Waals surface area contributed by atoms with Crippen molar-refractivity contribution >= 4 is 11.7 Å². The Labute approximate surface area is 103 Å². The summed E-state index contributed by atoms with van der Waals surface area (Å²) in [5.74, 6) is -0.483. The maximum Gasteiger partial charge on any atom is 0.277 e. The van der Waals surface area contributed by atoms with Gasteiger partial charge in [-0.25, -0.2) is 4.63 Å². The fraction of sp³-hybridized carbons (Fsp3) is 0.182. The molecule has 1 aromatic heterocycles. The first-order valence-electron chi connectivity index (χ1n) is 5.25. The molecule has 0 atom stereocenters. The molecule has 0 bridgehead atoms. The smallest absolute Gasteiger partial charge is 0.277 e. The van der Waals surface area contributed by atoms with Gasteiger partial charge >= 0.3 is 0 Å². The molecular formula is C11H12N4O3. The van der Waals surface area contributed by atoms with E-state index >= 15 is 0 Å². The Morgan fingerprint density at radius 2 is 1.94 bits per heavy atom. The van der Waals surface area contributed by atoms with Crippen molar-refractivity contribution in [2.24, 2.45) is 0 Å². The molecule has 0 fully saturated rings. The average molecular weight is 248 g/mol. The Morgan fingerprint density at radius 1 is 1.28 bits per heavy atom. The maximum atomic E-state index is 11.6. The summed E-state index contributed by atoms with van der Waals surface area (Å²) in [4.78, 5) is 11.6. The Bertz CT molecular complexity index is 535. The molecule has 0 unspecified atom stereocenters. The number of aromatic nitrogens is 2. The second kappa shape index (κ2) is 5.28. The highest BCUT2D eigenvalue weighted by Crippen LogP contribution is 2.06. The van der Waals surface area contributed by atoms with Gasteiger partial charge in [0, 0.05) is 6.54 Å². The van der Waals surface area contributed by atoms with E-state index in [2.05, 4.69) is 20.3 Å². The van der Waals surface area contributed by atoms with Crippen molar-refractivity contribution in [2.75, 3.05) is 5.73 Å². The van der Waals surface area contributed by atoms with Gasteiger partial charge in [0.25, 0.3) is 5.91 Å². The molecule has 0 radical (unpaired) electrons. The molecule has 2 aromatic rings. The monoisotopic (exact) mass is 248 g/mol. The third-order valence-corrected chi connectivity index (χ3v) is 2.39. The minimum Gasteiger partial charge on any atom is -0.392 e. The standard InChI is InChI=1S/C11H12N4O3/c12-10-9(14-18-15-10)11(17)13-5-7-1-3-8(6-16)4-2-7/h1-4,16H,5-6H2,(H2,12,15)(H,13,17). The van der Waals surface area contributed by atoms with Gasteiger partial charge in [0.05, 0.1) is 6.61 Å². The third kappa shape index (κ3) is 2.64. The van der Waals surface area contributed by atoms with Gasteiger partial charge in [-0.1, -0.05) is 24.3 Å². The molecule has 18 heavy (non-hydrogen) atoms. The van der Waals surface area contributed by atoms with Gasteiger partial charge in [0.1, 0.15) is 0 Å². The number of aliphatic hydroxyl groups excluding tert-OH is 1. The van der Waals surface area contributed by atoms with Crippen LogP contribution in [0, 0.1) is 0 Å². The normalized spacial score (nSPS) is 10.3. The van der Waals surface area contributed by atoms with Crippen LogP contribution in [-0.4, -0.2) is 21.3 Å². The number of carbonyl (C=O) groups excluding carboxylic acids is 1. The average Bonchev–Trinajstić information content (AvgIpc) is 2.83. The summed E-state index contributed by atoms with van der Waals surface area (Å²) < 4.78 is 4.34. The summed E-state index contributed by atoms with van der Waals surface area (Å²) in [5, 5.41) is 18.2. The van der Waals surface area contributed by atoms with E-state index in [4.69, 9.17) is 10.8 Å². The van der Waals surface area contributed by atoms with Crippen LogP contribution in [0.1, 0.15) is 21.6 Å². The number of hydrogen-bond donors (Lipinski definition) is 3. The molecule has 1 heterocycles. The predicted octanol–water partition coefficient (Wildman–Crippen LogP) is 0.0741. The molecule has 0 aliphatic rings. The molecule has 7 nitrogen and oxygen atoms in total. The molecular weight excluding hydrogens is 236 g/mol. The summed E-state index contributed by atoms with van der Waals surface area (Å²) in [6, 6.07) is 7.20. The molecule has 4 N–H and O–H groups in total. The third-order valence-electron chi connectivity index (χ3n) is 2.39. The van der Waals surface area contributed by atoms with E-state index in [0.717, 1.165) is 11.1 Å². The highest BCUT2D eigenvalue weighted by Gasteiger charge is 2.15. The van der Waals surface area contributed by atoms with Gasteiger partial charge in [-0.3, -0.25) is 4.79 Å². The molecule has 94 valence electrons. The Kier molecular flexibility index (Phi) is 3.54. The van der Waals surface area contributed by atoms with Crippen LogP contribution in [0.4, 0.5) is 5.82 Å². The summed E-state index contributed by atoms with van der Waals surface area (Å²) in [6.07, 6.45) is 0. The van der Waals surface area contributed by atoms with E-state index in [0.29, 0.717) is 6.54 Å². The fourth-order valence-electron chi connectivity index (χ4n) is 1.38. The van der Waals surface area contributed by atoms with Crippen molar-refractivity contribution in [1.29, 1.82) is 0 Å². The minimum atomic E-state index is -0.444. The number of nitrogens with two attached hydrogens (primary N) is 1. The van der Waals surface area contributed by atoms with Crippen molar-refractivity contribution in [2.45, 2.75) is 13.2 Å². The molecule has 0 saturated carbocycles. The van der Waals surface area contributed by atoms with E-state index in [-0.39, 0.29) is 18.1 Å². The van der Waals surface area contributed by atoms with Crippen LogP contribution in [0.2, 0.25) is 0 Å². The SMILES string of the molecule is Nc1nonc1C(=O)NCc1ccc(CO)cc1. The van der Waals surface area contributed by atoms with Crippen molar-refractivity contribution in [1.82, 2.24) is 15.6 Å². The van der Waals surface area contributed by atoms with E-state index in [1.165, 1.54) is 0 Å². The van der Waals surface area contributed by atoms with Crippen LogP contribution in [0.5, 0.6) is 0 Å². The topological polar surface area (TPSA) is 114 Å². The lowest BCUT2D eigenvalue weighted by Gasteiger charge is -2.04. The van der Waals surface area contributed by atoms with Crippen LogP contribution in [0.15, 0.2) is 28.9 Å². The van der Waals surface area contributed by atoms with Crippen LogP contribution < -0.4 is 11.1 Å². The molecule has 7 heteroatoms. The number of benzene rings is 1. The minimum absolute atomic E-state index is 0.00617. The van der Waals surface area contributed by atoms with Crippen molar-refractivity contribution in [3.8, 4) is 0 Å². The fourth-order valence-corrected chi connectivity index (χ4v) is 1.38. The zero-order valence-electron chi connectivity index (χ0n) is 9.46. The van der Waals surface area contributed by atoms with Crippen LogP contribution in [-0.2, 0) is 13.2 Å². The summed E-state index contributed by atoms with van der Waals surface area (Å²) in [7, 11) is 0. The molecule has 1 amide bonds. The van der Waals surface area contributed by atoms with E-state index < -0.39 is 5.91 Å². The zero-order valence-corrected chi connectivity index (χ0v) is 9.46. The van der Waals surface area contributed by atoms with Gasteiger partial charge < -0.3 is 16.2 Å². The summed E-state index contributed by atoms with van der Waals surface area (Å²) in [6.45, 7) is 0.324. The van der Waals surface area contributed by atoms with Crippen LogP contribution >= 0.6 is 0 Å². The number of hydrogen-bond acceptors (Lipinski definition) is 6. The highest BCUT2D eigenvalue weighted by molar-refractivity contribution is 5.95. The van der Waals surface area contributed by atoms with Crippen molar-refractivity contribution in [3.63, 3.8) is 0 Å². The predicted molar refractivity (Wildman–Crippen MR) is 62.2 cm³/mol. The number of amides is 1. The number of rotatable bonds is 4. The number of aliphatic hydroxyl groups is 1. The van der Waals surface area contributed by atoms with Crippen LogP contribution in [0.3, 0.4) is 0 Å². The first-order valence-corrected chi connectivity index (χ1v) is 5.25. The van der Waals surface area contributed by atoms with Gasteiger partial charge in [-0.15, -0.1) is 0 Å². The second-order valence-corrected chi connectivity index (χ2v) is 3.66. The van der Waals surface area contributed by atoms with Gasteiger partial charge in [-0.2, -0.15) is 0 Å². The maximum absolute atomic E-state index is 11.6. The van der Waals surface area contributed by atoms with Gasteiger partial charge in [-0.05, 0) is 21.4 Å². The number of nitrogen functional groups attached to an aromatic ring is 1. The number of anilines is 1.